The Hall–Kier alpha value is -0.850. The molecule has 0 aromatic carbocycles. The third kappa shape index (κ3) is 4.58. The predicted octanol–water partition coefficient (Wildman–Crippen LogP) is 0.310. The molecule has 1 atom stereocenters. The maximum atomic E-state index is 5.45. The molecule has 132 valence electrons. The Kier molecular flexibility index (Phi) is 6.14. The van der Waals surface area contributed by atoms with Gasteiger partial charge in [0.25, 0.3) is 0 Å². The molecule has 23 heavy (non-hydrogen) atoms. The second kappa shape index (κ2) is 8.31. The molecular formula is C17H33N5O. The van der Waals surface area contributed by atoms with Gasteiger partial charge in [0.05, 0.1) is 0 Å². The third-order valence-corrected chi connectivity index (χ3v) is 5.68. The van der Waals surface area contributed by atoms with Crippen LogP contribution in [0.25, 0.3) is 0 Å². The van der Waals surface area contributed by atoms with E-state index in [1.165, 1.54) is 52.0 Å². The first-order valence-electron chi connectivity index (χ1n) is 9.22. The Morgan fingerprint density at radius 1 is 1.22 bits per heavy atom. The molecule has 6 heteroatoms. The quantitative estimate of drug-likeness (QED) is 0.583. The van der Waals surface area contributed by atoms with E-state index in [-0.39, 0.29) is 0 Å². The molecule has 0 aromatic rings. The van der Waals surface area contributed by atoms with Gasteiger partial charge < -0.3 is 15.0 Å². The van der Waals surface area contributed by atoms with Crippen LogP contribution in [-0.4, -0.2) is 99.8 Å². The molecule has 4 saturated heterocycles. The van der Waals surface area contributed by atoms with Crippen LogP contribution in [0.5, 0.6) is 0 Å². The molecule has 4 fully saturated rings. The fourth-order valence-corrected chi connectivity index (χ4v) is 4.03. The molecule has 1 N–H and O–H groups in total. The number of hydrogen-bond donors (Lipinski definition) is 1. The highest BCUT2D eigenvalue weighted by molar-refractivity contribution is 5.79. The van der Waals surface area contributed by atoms with Crippen molar-refractivity contribution in [2.45, 2.75) is 25.3 Å². The summed E-state index contributed by atoms with van der Waals surface area (Å²) in [5.74, 6) is 1.85. The van der Waals surface area contributed by atoms with Crippen molar-refractivity contribution in [3.05, 3.63) is 0 Å². The molecule has 0 spiro atoms. The monoisotopic (exact) mass is 323 g/mol. The van der Waals surface area contributed by atoms with Crippen molar-refractivity contribution in [1.82, 2.24) is 20.0 Å². The number of nitrogens with one attached hydrogen (secondary N) is 1. The Bertz CT molecular complexity index is 388. The number of ether oxygens (including phenoxy) is 1. The van der Waals surface area contributed by atoms with Gasteiger partial charge in [-0.1, -0.05) is 0 Å². The molecule has 4 aliphatic heterocycles. The van der Waals surface area contributed by atoms with E-state index in [0.29, 0.717) is 6.04 Å². The second-order valence-electron chi connectivity index (χ2n) is 7.18. The van der Waals surface area contributed by atoms with Crippen LogP contribution in [0.3, 0.4) is 0 Å². The zero-order valence-electron chi connectivity index (χ0n) is 14.8. The number of fused-ring (bicyclic) bond motifs is 3. The molecule has 0 radical (unpaired) electrons. The van der Waals surface area contributed by atoms with Crippen LogP contribution in [0.4, 0.5) is 0 Å². The minimum atomic E-state index is 0.637. The van der Waals surface area contributed by atoms with Gasteiger partial charge >= 0.3 is 0 Å². The lowest BCUT2D eigenvalue weighted by molar-refractivity contribution is 0.0152. The molecular weight excluding hydrogens is 290 g/mol. The number of aliphatic imine (C=N–C) groups is 1. The smallest absolute Gasteiger partial charge is 0.193 e. The van der Waals surface area contributed by atoms with Gasteiger partial charge in [0.2, 0.25) is 0 Å². The standard InChI is InChI=1S/C17H33N5O/c1-18-17(20(2)6-3-15-4-11-23-12-5-15)19-13-16-14-21-7-9-22(16)10-8-21/h15-16H,3-14H2,1-2H3,(H,18,19). The lowest BCUT2D eigenvalue weighted by atomic mass is 9.96. The Morgan fingerprint density at radius 2 is 1.96 bits per heavy atom. The van der Waals surface area contributed by atoms with E-state index in [1.54, 1.807) is 0 Å². The van der Waals surface area contributed by atoms with Gasteiger partial charge in [0.15, 0.2) is 5.96 Å². The van der Waals surface area contributed by atoms with E-state index in [4.69, 9.17) is 4.74 Å². The van der Waals surface area contributed by atoms with Crippen LogP contribution in [0.2, 0.25) is 0 Å². The highest BCUT2D eigenvalue weighted by Gasteiger charge is 2.31. The Morgan fingerprint density at radius 3 is 2.57 bits per heavy atom. The SMILES string of the molecule is CN=C(NCC1CN2CCN1CC2)N(C)CCC1CCOCC1. The van der Waals surface area contributed by atoms with Crippen LogP contribution in [0, 0.1) is 5.92 Å². The van der Waals surface area contributed by atoms with Gasteiger partial charge in [-0.25, -0.2) is 0 Å². The highest BCUT2D eigenvalue weighted by atomic mass is 16.5. The van der Waals surface area contributed by atoms with Gasteiger partial charge in [0.1, 0.15) is 0 Å². The molecule has 0 aromatic heterocycles. The van der Waals surface area contributed by atoms with Crippen LogP contribution >= 0.6 is 0 Å². The molecule has 6 nitrogen and oxygen atoms in total. The van der Waals surface area contributed by atoms with Gasteiger partial charge in [0, 0.05) is 79.2 Å². The van der Waals surface area contributed by atoms with Crippen molar-refractivity contribution >= 4 is 5.96 Å². The lowest BCUT2D eigenvalue weighted by Gasteiger charge is -2.47. The van der Waals surface area contributed by atoms with Crippen LogP contribution < -0.4 is 5.32 Å². The summed E-state index contributed by atoms with van der Waals surface area (Å²) >= 11 is 0. The number of hydrogen-bond acceptors (Lipinski definition) is 4. The van der Waals surface area contributed by atoms with Gasteiger partial charge in [-0.15, -0.1) is 0 Å². The molecule has 0 aliphatic carbocycles. The summed E-state index contributed by atoms with van der Waals surface area (Å²) in [6.07, 6.45) is 3.67. The zero-order valence-corrected chi connectivity index (χ0v) is 14.8. The maximum Gasteiger partial charge on any atom is 0.193 e. The minimum absolute atomic E-state index is 0.637. The summed E-state index contributed by atoms with van der Waals surface area (Å²) in [4.78, 5) is 12.0. The molecule has 0 saturated carbocycles. The van der Waals surface area contributed by atoms with Gasteiger partial charge in [-0.3, -0.25) is 14.8 Å². The van der Waals surface area contributed by atoms with Crippen molar-refractivity contribution in [3.8, 4) is 0 Å². The Balaban J connectivity index is 1.40. The predicted molar refractivity (Wildman–Crippen MR) is 94.0 cm³/mol. The largest absolute Gasteiger partial charge is 0.381 e. The normalized spacial score (nSPS) is 32.1. The summed E-state index contributed by atoms with van der Waals surface area (Å²) < 4.78 is 5.45. The van der Waals surface area contributed by atoms with Gasteiger partial charge in [-0.2, -0.15) is 0 Å². The van der Waals surface area contributed by atoms with E-state index < -0.39 is 0 Å². The summed E-state index contributed by atoms with van der Waals surface area (Å²) in [7, 11) is 4.05. The fraction of sp³-hybridized carbons (Fsp3) is 0.941. The topological polar surface area (TPSA) is 43.3 Å². The second-order valence-corrected chi connectivity index (χ2v) is 7.18. The maximum absolute atomic E-state index is 5.45. The van der Waals surface area contributed by atoms with Crippen LogP contribution in [0.1, 0.15) is 19.3 Å². The number of guanidine groups is 1. The van der Waals surface area contributed by atoms with Crippen molar-refractivity contribution in [2.75, 3.05) is 73.1 Å². The van der Waals surface area contributed by atoms with Crippen molar-refractivity contribution in [1.29, 1.82) is 0 Å². The number of nitrogens with zero attached hydrogens (tertiary/aromatic N) is 4. The molecule has 4 rings (SSSR count). The lowest BCUT2D eigenvalue weighted by Crippen LogP contribution is -2.63. The molecule has 4 heterocycles. The summed E-state index contributed by atoms with van der Waals surface area (Å²) in [6.45, 7) is 10.1. The van der Waals surface area contributed by atoms with Gasteiger partial charge in [-0.05, 0) is 25.2 Å². The zero-order chi connectivity index (χ0) is 16.1. The molecule has 1 unspecified atom stereocenters. The minimum Gasteiger partial charge on any atom is -0.381 e. The summed E-state index contributed by atoms with van der Waals surface area (Å²) in [5.41, 5.74) is 0. The first-order valence-corrected chi connectivity index (χ1v) is 9.22. The Labute approximate surface area is 140 Å². The average Bonchev–Trinajstić information content (AvgIpc) is 2.62. The van der Waals surface area contributed by atoms with E-state index in [2.05, 4.69) is 32.1 Å². The van der Waals surface area contributed by atoms with Crippen molar-refractivity contribution in [2.24, 2.45) is 10.9 Å². The molecule has 0 amide bonds. The van der Waals surface area contributed by atoms with E-state index in [0.717, 1.165) is 38.2 Å². The third-order valence-electron chi connectivity index (χ3n) is 5.68. The highest BCUT2D eigenvalue weighted by Crippen LogP contribution is 2.18. The van der Waals surface area contributed by atoms with Crippen molar-refractivity contribution < 1.29 is 4.74 Å². The summed E-state index contributed by atoms with van der Waals surface area (Å²) in [6, 6.07) is 0.637. The van der Waals surface area contributed by atoms with Crippen LogP contribution in [0.15, 0.2) is 4.99 Å². The van der Waals surface area contributed by atoms with Crippen molar-refractivity contribution in [3.63, 3.8) is 0 Å². The van der Waals surface area contributed by atoms with E-state index >= 15 is 0 Å². The number of rotatable bonds is 5. The average molecular weight is 323 g/mol. The first-order chi connectivity index (χ1) is 11.3. The number of piperazine rings is 3. The fourth-order valence-electron chi connectivity index (χ4n) is 4.03. The molecule has 4 aliphatic rings. The van der Waals surface area contributed by atoms with E-state index in [9.17, 15) is 0 Å². The van der Waals surface area contributed by atoms with Crippen LogP contribution in [-0.2, 0) is 4.74 Å². The molecule has 2 bridgehead atoms. The first kappa shape index (κ1) is 17.0. The summed E-state index contributed by atoms with van der Waals surface area (Å²) in [5, 5.41) is 3.59. The van der Waals surface area contributed by atoms with E-state index in [1.807, 2.05) is 7.05 Å².